The molecule has 2 aliphatic heterocycles. The maximum atomic E-state index is 12.0. The number of hydrogen-bond acceptors (Lipinski definition) is 3. The van der Waals surface area contributed by atoms with E-state index in [0.29, 0.717) is 19.3 Å². The van der Waals surface area contributed by atoms with E-state index in [-0.39, 0.29) is 11.8 Å². The molecule has 1 fully saturated rings. The van der Waals surface area contributed by atoms with Crippen LogP contribution in [0.2, 0.25) is 0 Å². The van der Waals surface area contributed by atoms with Gasteiger partial charge in [-0.15, -0.1) is 0 Å². The third kappa shape index (κ3) is 1.82. The molecule has 4 heteroatoms. The molecule has 2 amide bonds. The standard InChI is InChI=1S/C14H16N2O2/c17-13-5-2-6-14(18)16(13)12-4-1-3-10-9-15-8-7-11(10)12/h1,3-4,15H,2,5-9H2. The monoisotopic (exact) mass is 244 g/mol. The van der Waals surface area contributed by atoms with Gasteiger partial charge < -0.3 is 5.32 Å². The Labute approximate surface area is 106 Å². The Morgan fingerprint density at radius 2 is 1.83 bits per heavy atom. The summed E-state index contributed by atoms with van der Waals surface area (Å²) in [5.74, 6) is -0.114. The number of piperidine rings is 1. The van der Waals surface area contributed by atoms with Crippen LogP contribution in [0.4, 0.5) is 5.69 Å². The summed E-state index contributed by atoms with van der Waals surface area (Å²) >= 11 is 0. The van der Waals surface area contributed by atoms with Crippen molar-refractivity contribution in [1.82, 2.24) is 5.32 Å². The molecule has 3 rings (SSSR count). The molecule has 1 aromatic rings. The smallest absolute Gasteiger partial charge is 0.233 e. The lowest BCUT2D eigenvalue weighted by Crippen LogP contribution is -2.41. The number of carbonyl (C=O) groups is 2. The highest BCUT2D eigenvalue weighted by molar-refractivity contribution is 6.16. The molecule has 0 spiro atoms. The Hall–Kier alpha value is -1.68. The Bertz CT molecular complexity index is 495. The lowest BCUT2D eigenvalue weighted by molar-refractivity contribution is -0.129. The number of imide groups is 1. The van der Waals surface area contributed by atoms with Crippen LogP contribution < -0.4 is 10.2 Å². The quantitative estimate of drug-likeness (QED) is 0.759. The molecule has 94 valence electrons. The topological polar surface area (TPSA) is 49.4 Å². The van der Waals surface area contributed by atoms with Crippen molar-refractivity contribution in [3.63, 3.8) is 0 Å². The normalized spacial score (nSPS) is 19.9. The van der Waals surface area contributed by atoms with Crippen LogP contribution in [0, 0.1) is 0 Å². The Balaban J connectivity index is 2.05. The molecule has 0 saturated carbocycles. The first kappa shape index (κ1) is 11.4. The molecule has 4 nitrogen and oxygen atoms in total. The number of nitrogens with zero attached hydrogens (tertiary/aromatic N) is 1. The summed E-state index contributed by atoms with van der Waals surface area (Å²) in [6, 6.07) is 5.88. The van der Waals surface area contributed by atoms with Crippen molar-refractivity contribution in [3.8, 4) is 0 Å². The molecule has 0 aliphatic carbocycles. The Morgan fingerprint density at radius 3 is 2.61 bits per heavy atom. The first-order valence-electron chi connectivity index (χ1n) is 6.44. The summed E-state index contributed by atoms with van der Waals surface area (Å²) in [6.07, 6.45) is 2.52. The second kappa shape index (κ2) is 4.53. The van der Waals surface area contributed by atoms with E-state index >= 15 is 0 Å². The van der Waals surface area contributed by atoms with E-state index in [9.17, 15) is 9.59 Å². The molecular weight excluding hydrogens is 228 g/mol. The maximum absolute atomic E-state index is 12.0. The molecule has 0 bridgehead atoms. The van der Waals surface area contributed by atoms with Crippen molar-refractivity contribution < 1.29 is 9.59 Å². The number of amides is 2. The zero-order chi connectivity index (χ0) is 12.5. The molecule has 0 atom stereocenters. The van der Waals surface area contributed by atoms with Crippen molar-refractivity contribution >= 4 is 17.5 Å². The second-order valence-electron chi connectivity index (χ2n) is 4.82. The van der Waals surface area contributed by atoms with Crippen LogP contribution in [-0.2, 0) is 22.6 Å². The highest BCUT2D eigenvalue weighted by Gasteiger charge is 2.29. The van der Waals surface area contributed by atoms with E-state index in [1.807, 2.05) is 12.1 Å². The number of anilines is 1. The molecule has 18 heavy (non-hydrogen) atoms. The first-order valence-corrected chi connectivity index (χ1v) is 6.44. The van der Waals surface area contributed by atoms with Crippen molar-refractivity contribution in [3.05, 3.63) is 29.3 Å². The van der Waals surface area contributed by atoms with E-state index in [2.05, 4.69) is 11.4 Å². The van der Waals surface area contributed by atoms with Gasteiger partial charge in [-0.2, -0.15) is 0 Å². The van der Waals surface area contributed by atoms with Gasteiger partial charge in [0.2, 0.25) is 11.8 Å². The van der Waals surface area contributed by atoms with E-state index < -0.39 is 0 Å². The van der Waals surface area contributed by atoms with Gasteiger partial charge in [0.15, 0.2) is 0 Å². The van der Waals surface area contributed by atoms with Gasteiger partial charge in [0, 0.05) is 19.4 Å². The van der Waals surface area contributed by atoms with Gasteiger partial charge in [-0.25, -0.2) is 0 Å². The van der Waals surface area contributed by atoms with Crippen LogP contribution in [0.25, 0.3) is 0 Å². The first-order chi connectivity index (χ1) is 8.77. The number of fused-ring (bicyclic) bond motifs is 1. The lowest BCUT2D eigenvalue weighted by Gasteiger charge is -2.29. The van der Waals surface area contributed by atoms with Gasteiger partial charge in [-0.3, -0.25) is 14.5 Å². The second-order valence-corrected chi connectivity index (χ2v) is 4.82. The third-order valence-electron chi connectivity index (χ3n) is 3.64. The van der Waals surface area contributed by atoms with Crippen LogP contribution in [0.3, 0.4) is 0 Å². The Morgan fingerprint density at radius 1 is 1.06 bits per heavy atom. The summed E-state index contributed by atoms with van der Waals surface area (Å²) in [4.78, 5) is 25.4. The van der Waals surface area contributed by atoms with E-state index in [4.69, 9.17) is 0 Å². The summed E-state index contributed by atoms with van der Waals surface area (Å²) in [5, 5.41) is 3.31. The van der Waals surface area contributed by atoms with Crippen LogP contribution in [0.15, 0.2) is 18.2 Å². The predicted molar refractivity (Wildman–Crippen MR) is 68.2 cm³/mol. The number of carbonyl (C=O) groups excluding carboxylic acids is 2. The summed E-state index contributed by atoms with van der Waals surface area (Å²) in [7, 11) is 0. The van der Waals surface area contributed by atoms with Crippen LogP contribution in [0.1, 0.15) is 30.4 Å². The maximum Gasteiger partial charge on any atom is 0.233 e. The third-order valence-corrected chi connectivity index (χ3v) is 3.64. The van der Waals surface area contributed by atoms with E-state index in [1.165, 1.54) is 10.5 Å². The summed E-state index contributed by atoms with van der Waals surface area (Å²) in [5.41, 5.74) is 3.16. The molecule has 1 saturated heterocycles. The molecule has 0 unspecified atom stereocenters. The van der Waals surface area contributed by atoms with Gasteiger partial charge >= 0.3 is 0 Å². The molecular formula is C14H16N2O2. The minimum Gasteiger partial charge on any atom is -0.312 e. The molecule has 0 radical (unpaired) electrons. The highest BCUT2D eigenvalue weighted by atomic mass is 16.2. The van der Waals surface area contributed by atoms with Crippen molar-refractivity contribution in [2.45, 2.75) is 32.2 Å². The number of hydrogen-bond donors (Lipinski definition) is 1. The van der Waals surface area contributed by atoms with Crippen LogP contribution in [0.5, 0.6) is 0 Å². The zero-order valence-corrected chi connectivity index (χ0v) is 10.2. The molecule has 1 aromatic carbocycles. The fraction of sp³-hybridized carbons (Fsp3) is 0.429. The van der Waals surface area contributed by atoms with E-state index in [0.717, 1.165) is 30.8 Å². The molecule has 2 aliphatic rings. The average Bonchev–Trinajstić information content (AvgIpc) is 2.39. The molecule has 2 heterocycles. The predicted octanol–water partition coefficient (Wildman–Crippen LogP) is 1.38. The van der Waals surface area contributed by atoms with Gasteiger partial charge in [-0.1, -0.05) is 12.1 Å². The van der Waals surface area contributed by atoms with Crippen LogP contribution in [-0.4, -0.2) is 18.4 Å². The largest absolute Gasteiger partial charge is 0.312 e. The number of nitrogens with one attached hydrogen (secondary N) is 1. The average molecular weight is 244 g/mol. The summed E-state index contributed by atoms with van der Waals surface area (Å²) < 4.78 is 0. The molecule has 0 aromatic heterocycles. The highest BCUT2D eigenvalue weighted by Crippen LogP contribution is 2.29. The minimum atomic E-state index is -0.0572. The molecule has 1 N–H and O–H groups in total. The number of benzene rings is 1. The van der Waals surface area contributed by atoms with Gasteiger partial charge in [0.25, 0.3) is 0 Å². The minimum absolute atomic E-state index is 0.0572. The van der Waals surface area contributed by atoms with Crippen molar-refractivity contribution in [2.75, 3.05) is 11.4 Å². The number of rotatable bonds is 1. The fourth-order valence-electron chi connectivity index (χ4n) is 2.74. The zero-order valence-electron chi connectivity index (χ0n) is 10.2. The van der Waals surface area contributed by atoms with Gasteiger partial charge in [-0.05, 0) is 36.6 Å². The Kier molecular flexibility index (Phi) is 2.88. The van der Waals surface area contributed by atoms with Crippen molar-refractivity contribution in [2.24, 2.45) is 0 Å². The van der Waals surface area contributed by atoms with E-state index in [1.54, 1.807) is 0 Å². The van der Waals surface area contributed by atoms with Gasteiger partial charge in [0.05, 0.1) is 5.69 Å². The van der Waals surface area contributed by atoms with Crippen LogP contribution >= 0.6 is 0 Å². The SMILES string of the molecule is O=C1CCCC(=O)N1c1cccc2c1CCNC2. The fourth-order valence-corrected chi connectivity index (χ4v) is 2.74. The van der Waals surface area contributed by atoms with Crippen molar-refractivity contribution in [1.29, 1.82) is 0 Å². The summed E-state index contributed by atoms with van der Waals surface area (Å²) in [6.45, 7) is 1.72. The lowest BCUT2D eigenvalue weighted by atomic mass is 9.97. The van der Waals surface area contributed by atoms with Gasteiger partial charge in [0.1, 0.15) is 0 Å².